The second kappa shape index (κ2) is 6.99. The molecular weight excluding hydrogens is 342 g/mol. The Hall–Kier alpha value is -2.16. The minimum atomic E-state index is -3.18. The molecule has 2 aromatic heterocycles. The zero-order valence-electron chi connectivity index (χ0n) is 14.5. The lowest BCUT2D eigenvalue weighted by molar-refractivity contribution is 0.0697. The summed E-state index contributed by atoms with van der Waals surface area (Å²) in [6.45, 7) is 5.62. The van der Waals surface area contributed by atoms with Crippen molar-refractivity contribution in [1.82, 2.24) is 24.5 Å². The van der Waals surface area contributed by atoms with Gasteiger partial charge in [0, 0.05) is 37.6 Å². The average molecular weight is 365 g/mol. The van der Waals surface area contributed by atoms with Crippen LogP contribution in [0.4, 0.5) is 0 Å². The lowest BCUT2D eigenvalue weighted by Gasteiger charge is -2.34. The van der Waals surface area contributed by atoms with E-state index in [1.165, 1.54) is 0 Å². The fourth-order valence-electron chi connectivity index (χ4n) is 3.04. The minimum Gasteiger partial charge on any atom is -0.329 e. The molecule has 3 rings (SSSR count). The third-order valence-corrected chi connectivity index (χ3v) is 6.02. The second-order valence-corrected chi connectivity index (χ2v) is 8.48. The Kier molecular flexibility index (Phi) is 4.94. The number of aryl methyl sites for hydroxylation is 2. The van der Waals surface area contributed by atoms with Crippen LogP contribution in [0.2, 0.25) is 0 Å². The Balaban J connectivity index is 1.89. The van der Waals surface area contributed by atoms with Crippen LogP contribution in [0.1, 0.15) is 42.2 Å². The Bertz CT molecular complexity index is 855. The summed E-state index contributed by atoms with van der Waals surface area (Å²) in [5, 5.41) is 8.42. The maximum absolute atomic E-state index is 12.9. The predicted octanol–water partition coefficient (Wildman–Crippen LogP) is 1.12. The van der Waals surface area contributed by atoms with E-state index in [0.29, 0.717) is 12.1 Å². The van der Waals surface area contributed by atoms with E-state index in [2.05, 4.69) is 10.2 Å². The molecule has 1 saturated heterocycles. The lowest BCUT2D eigenvalue weighted by atomic mass is 10.1. The zero-order valence-corrected chi connectivity index (χ0v) is 15.3. The Morgan fingerprint density at radius 2 is 1.96 bits per heavy atom. The van der Waals surface area contributed by atoms with Gasteiger partial charge in [0.1, 0.15) is 0 Å². The first-order chi connectivity index (χ1) is 11.9. The van der Waals surface area contributed by atoms with Gasteiger partial charge in [-0.3, -0.25) is 14.2 Å². The lowest BCUT2D eigenvalue weighted by Crippen LogP contribution is -2.46. The van der Waals surface area contributed by atoms with Gasteiger partial charge in [-0.2, -0.15) is 10.2 Å². The van der Waals surface area contributed by atoms with Crippen molar-refractivity contribution in [2.24, 2.45) is 0 Å². The van der Waals surface area contributed by atoms with Gasteiger partial charge in [0.25, 0.3) is 5.91 Å². The molecule has 25 heavy (non-hydrogen) atoms. The topological polar surface area (TPSA) is 90.1 Å². The van der Waals surface area contributed by atoms with Gasteiger partial charge in [0.2, 0.25) is 0 Å². The van der Waals surface area contributed by atoms with Gasteiger partial charge >= 0.3 is 0 Å². The van der Waals surface area contributed by atoms with Gasteiger partial charge in [-0.25, -0.2) is 8.42 Å². The molecule has 1 atom stereocenters. The van der Waals surface area contributed by atoms with E-state index in [1.54, 1.807) is 32.9 Å². The fraction of sp³-hybridized carbons (Fsp3) is 0.562. The van der Waals surface area contributed by atoms with Crippen molar-refractivity contribution in [2.45, 2.75) is 39.4 Å². The van der Waals surface area contributed by atoms with Crippen LogP contribution >= 0.6 is 0 Å². The number of hydrogen-bond donors (Lipinski definition) is 0. The van der Waals surface area contributed by atoms with Crippen molar-refractivity contribution in [1.29, 1.82) is 0 Å². The van der Waals surface area contributed by atoms with Crippen molar-refractivity contribution in [2.75, 3.05) is 18.1 Å². The van der Waals surface area contributed by atoms with Crippen molar-refractivity contribution < 1.29 is 13.2 Å². The van der Waals surface area contributed by atoms with E-state index in [0.717, 1.165) is 18.5 Å². The molecule has 1 fully saturated rings. The highest BCUT2D eigenvalue weighted by molar-refractivity contribution is 7.91. The Morgan fingerprint density at radius 3 is 2.64 bits per heavy atom. The van der Waals surface area contributed by atoms with Crippen LogP contribution in [0, 0.1) is 0 Å². The van der Waals surface area contributed by atoms with Crippen molar-refractivity contribution in [3.63, 3.8) is 0 Å². The molecule has 1 aliphatic heterocycles. The van der Waals surface area contributed by atoms with E-state index in [-0.39, 0.29) is 24.0 Å². The zero-order chi connectivity index (χ0) is 18.0. The first kappa shape index (κ1) is 17.7. The molecule has 0 bridgehead atoms. The number of carbonyl (C=O) groups is 1. The van der Waals surface area contributed by atoms with E-state index in [9.17, 15) is 13.2 Å². The SMILES string of the molecule is CCCn1cc(C(=O)N2CCS(=O)(=O)C[C@H]2c2cnn(CC)c2)cn1. The summed E-state index contributed by atoms with van der Waals surface area (Å²) in [5.41, 5.74) is 1.24. The molecule has 0 radical (unpaired) electrons. The summed E-state index contributed by atoms with van der Waals surface area (Å²) in [6.07, 6.45) is 7.66. The molecule has 136 valence electrons. The highest BCUT2D eigenvalue weighted by atomic mass is 32.2. The molecule has 8 nitrogen and oxygen atoms in total. The molecule has 9 heteroatoms. The van der Waals surface area contributed by atoms with E-state index < -0.39 is 15.9 Å². The summed E-state index contributed by atoms with van der Waals surface area (Å²) in [4.78, 5) is 14.6. The molecule has 3 heterocycles. The molecule has 0 unspecified atom stereocenters. The number of nitrogens with zero attached hydrogens (tertiary/aromatic N) is 5. The van der Waals surface area contributed by atoms with Gasteiger partial charge in [-0.15, -0.1) is 0 Å². The Morgan fingerprint density at radius 1 is 1.20 bits per heavy atom. The molecule has 1 amide bonds. The minimum absolute atomic E-state index is 0.0136. The van der Waals surface area contributed by atoms with Crippen LogP contribution in [0.15, 0.2) is 24.8 Å². The molecule has 0 saturated carbocycles. The number of carbonyl (C=O) groups excluding carboxylic acids is 1. The molecular formula is C16H23N5O3S. The normalized spacial score (nSPS) is 19.9. The number of aromatic nitrogens is 4. The van der Waals surface area contributed by atoms with Crippen molar-refractivity contribution in [3.8, 4) is 0 Å². The van der Waals surface area contributed by atoms with Crippen molar-refractivity contribution in [3.05, 3.63) is 35.9 Å². The quantitative estimate of drug-likeness (QED) is 0.792. The summed E-state index contributed by atoms with van der Waals surface area (Å²) >= 11 is 0. The maximum Gasteiger partial charge on any atom is 0.257 e. The molecule has 1 aliphatic rings. The van der Waals surface area contributed by atoms with Crippen molar-refractivity contribution >= 4 is 15.7 Å². The van der Waals surface area contributed by atoms with Gasteiger partial charge in [-0.05, 0) is 13.3 Å². The van der Waals surface area contributed by atoms with E-state index in [4.69, 9.17) is 0 Å². The number of rotatable bonds is 5. The van der Waals surface area contributed by atoms with E-state index >= 15 is 0 Å². The third kappa shape index (κ3) is 3.76. The first-order valence-corrected chi connectivity index (χ1v) is 10.3. The average Bonchev–Trinajstić information content (AvgIpc) is 3.23. The third-order valence-electron chi connectivity index (χ3n) is 4.39. The van der Waals surface area contributed by atoms with Crippen LogP contribution < -0.4 is 0 Å². The Labute approximate surface area is 147 Å². The van der Waals surface area contributed by atoms with Gasteiger partial charge < -0.3 is 4.90 Å². The molecule has 0 aromatic carbocycles. The number of sulfone groups is 1. The highest BCUT2D eigenvalue weighted by Crippen LogP contribution is 2.28. The van der Waals surface area contributed by atoms with Crippen LogP contribution in [0.5, 0.6) is 0 Å². The van der Waals surface area contributed by atoms with Gasteiger partial charge in [0.15, 0.2) is 9.84 Å². The van der Waals surface area contributed by atoms with Crippen LogP contribution in [0.25, 0.3) is 0 Å². The molecule has 0 aliphatic carbocycles. The summed E-state index contributed by atoms with van der Waals surface area (Å²) in [5.74, 6) is -0.274. The van der Waals surface area contributed by atoms with E-state index in [1.807, 2.05) is 20.0 Å². The first-order valence-electron chi connectivity index (χ1n) is 8.49. The van der Waals surface area contributed by atoms with Gasteiger partial charge in [-0.1, -0.05) is 6.92 Å². The highest BCUT2D eigenvalue weighted by Gasteiger charge is 2.36. The van der Waals surface area contributed by atoms with Crippen LogP contribution in [-0.4, -0.2) is 56.8 Å². The van der Waals surface area contributed by atoms with Gasteiger partial charge in [0.05, 0.1) is 35.5 Å². The maximum atomic E-state index is 12.9. The monoisotopic (exact) mass is 365 g/mol. The smallest absolute Gasteiger partial charge is 0.257 e. The summed E-state index contributed by atoms with van der Waals surface area (Å²) in [7, 11) is -3.18. The standard InChI is InChI=1S/C16H23N5O3S/c1-3-5-20-11-14(9-18-20)16(22)21-6-7-25(23,24)12-15(21)13-8-17-19(4-2)10-13/h8-11,15H,3-7,12H2,1-2H3/t15-/m0/s1. The van der Waals surface area contributed by atoms with Crippen LogP contribution in [0.3, 0.4) is 0 Å². The largest absolute Gasteiger partial charge is 0.329 e. The second-order valence-electron chi connectivity index (χ2n) is 6.25. The molecule has 0 N–H and O–H groups in total. The summed E-state index contributed by atoms with van der Waals surface area (Å²) in [6, 6.07) is -0.513. The predicted molar refractivity (Wildman–Crippen MR) is 92.9 cm³/mol. The summed E-state index contributed by atoms with van der Waals surface area (Å²) < 4.78 is 27.7. The number of hydrogen-bond acceptors (Lipinski definition) is 5. The molecule has 0 spiro atoms. The van der Waals surface area contributed by atoms with Crippen LogP contribution in [-0.2, 0) is 22.9 Å². The number of amides is 1. The fourth-order valence-corrected chi connectivity index (χ4v) is 4.54. The molecule has 2 aromatic rings.